The Balaban J connectivity index is 3.48. The summed E-state index contributed by atoms with van der Waals surface area (Å²) >= 11 is 0. The summed E-state index contributed by atoms with van der Waals surface area (Å²) in [4.78, 5) is 20.3. The summed E-state index contributed by atoms with van der Waals surface area (Å²) < 4.78 is 27.9. The third-order valence-corrected chi connectivity index (χ3v) is 1.86. The lowest BCUT2D eigenvalue weighted by atomic mass is 10.1. The maximum absolute atomic E-state index is 12.0. The van der Waals surface area contributed by atoms with E-state index in [1.807, 2.05) is 0 Å². The minimum Gasteiger partial charge on any atom is -0.478 e. The van der Waals surface area contributed by atoms with E-state index in [9.17, 15) is 23.7 Å². The molecule has 18 heavy (non-hydrogen) atoms. The first-order valence-electron chi connectivity index (χ1n) is 4.27. The Kier molecular flexibility index (Phi) is 3.73. The van der Waals surface area contributed by atoms with Gasteiger partial charge >= 0.3 is 12.6 Å². The molecule has 94 valence electrons. The molecule has 0 bridgehead atoms. The number of benzene rings is 1. The largest absolute Gasteiger partial charge is 0.478 e. The lowest BCUT2D eigenvalue weighted by Gasteiger charge is -2.08. The molecule has 0 radical (unpaired) electrons. The summed E-state index contributed by atoms with van der Waals surface area (Å²) in [6.07, 6.45) is 0. The van der Waals surface area contributed by atoms with Crippen molar-refractivity contribution < 1.29 is 28.3 Å². The molecule has 1 aromatic carbocycles. The van der Waals surface area contributed by atoms with Gasteiger partial charge < -0.3 is 9.84 Å². The molecule has 1 N–H and O–H groups in total. The molecule has 0 saturated heterocycles. The molecule has 0 aromatic heterocycles. The van der Waals surface area contributed by atoms with Gasteiger partial charge in [0, 0.05) is 12.1 Å². The van der Waals surface area contributed by atoms with Crippen LogP contribution in [-0.4, -0.2) is 22.6 Å². The Morgan fingerprint density at radius 2 is 2.17 bits per heavy atom. The second kappa shape index (κ2) is 5.05. The van der Waals surface area contributed by atoms with Crippen LogP contribution in [0, 0.1) is 21.4 Å². The number of aromatic carboxylic acids is 1. The van der Waals surface area contributed by atoms with Gasteiger partial charge in [-0.05, 0) is 0 Å². The van der Waals surface area contributed by atoms with E-state index in [1.54, 1.807) is 0 Å². The Morgan fingerprint density at radius 3 is 2.56 bits per heavy atom. The molecule has 0 aliphatic carbocycles. The van der Waals surface area contributed by atoms with E-state index in [0.717, 1.165) is 0 Å². The molecule has 0 aliphatic heterocycles. The van der Waals surface area contributed by atoms with Crippen LogP contribution in [0.4, 0.5) is 14.5 Å². The molecule has 1 rings (SSSR count). The average Bonchev–Trinajstić information content (AvgIpc) is 2.26. The van der Waals surface area contributed by atoms with Crippen molar-refractivity contribution in [1.82, 2.24) is 0 Å². The summed E-state index contributed by atoms with van der Waals surface area (Å²) in [5.41, 5.74) is -2.18. The number of hydrogen-bond acceptors (Lipinski definition) is 5. The summed E-state index contributed by atoms with van der Waals surface area (Å²) in [5, 5.41) is 27.9. The quantitative estimate of drug-likeness (QED) is 0.650. The molecular weight excluding hydrogens is 254 g/mol. The molecule has 0 unspecified atom stereocenters. The Hall–Kier alpha value is -2.76. The first-order chi connectivity index (χ1) is 8.36. The minimum absolute atomic E-state index is 0.499. The molecule has 0 atom stereocenters. The predicted octanol–water partition coefficient (Wildman–Crippen LogP) is 1.77. The lowest BCUT2D eigenvalue weighted by molar-refractivity contribution is -0.385. The van der Waals surface area contributed by atoms with Crippen LogP contribution in [0.1, 0.15) is 15.9 Å². The summed E-state index contributed by atoms with van der Waals surface area (Å²) in [6.45, 7) is -3.31. The van der Waals surface area contributed by atoms with Crippen molar-refractivity contribution in [2.24, 2.45) is 0 Å². The van der Waals surface area contributed by atoms with Gasteiger partial charge in [0.25, 0.3) is 5.69 Å². The van der Waals surface area contributed by atoms with Crippen LogP contribution in [0.2, 0.25) is 0 Å². The number of carbonyl (C=O) groups is 1. The highest BCUT2D eigenvalue weighted by Gasteiger charge is 2.24. The smallest absolute Gasteiger partial charge is 0.387 e. The Morgan fingerprint density at radius 1 is 1.56 bits per heavy atom. The monoisotopic (exact) mass is 258 g/mol. The highest BCUT2D eigenvalue weighted by atomic mass is 19.3. The van der Waals surface area contributed by atoms with Crippen molar-refractivity contribution in [2.45, 2.75) is 6.61 Å². The van der Waals surface area contributed by atoms with E-state index in [0.29, 0.717) is 12.1 Å². The van der Waals surface area contributed by atoms with Crippen molar-refractivity contribution >= 4 is 11.7 Å². The van der Waals surface area contributed by atoms with Crippen LogP contribution in [0.5, 0.6) is 5.75 Å². The zero-order valence-corrected chi connectivity index (χ0v) is 8.46. The van der Waals surface area contributed by atoms with Crippen LogP contribution in [-0.2, 0) is 0 Å². The second-order valence-corrected chi connectivity index (χ2v) is 2.92. The minimum atomic E-state index is -3.31. The number of nitro benzene ring substituents is 1. The van der Waals surface area contributed by atoms with Gasteiger partial charge in [0.05, 0.1) is 4.92 Å². The Labute approximate surface area is 98.0 Å². The molecular formula is C9H4F2N2O5. The van der Waals surface area contributed by atoms with Gasteiger partial charge in [0.1, 0.15) is 22.9 Å². The summed E-state index contributed by atoms with van der Waals surface area (Å²) in [7, 11) is 0. The fourth-order valence-electron chi connectivity index (χ4n) is 1.17. The number of rotatable bonds is 4. The predicted molar refractivity (Wildman–Crippen MR) is 51.4 cm³/mol. The van der Waals surface area contributed by atoms with Crippen LogP contribution >= 0.6 is 0 Å². The molecule has 0 heterocycles. The van der Waals surface area contributed by atoms with Gasteiger partial charge in [-0.25, -0.2) is 4.79 Å². The zero-order chi connectivity index (χ0) is 13.9. The first kappa shape index (κ1) is 13.3. The van der Waals surface area contributed by atoms with E-state index in [1.165, 1.54) is 6.07 Å². The highest BCUT2D eigenvalue weighted by molar-refractivity contribution is 5.92. The van der Waals surface area contributed by atoms with E-state index in [-0.39, 0.29) is 0 Å². The number of alkyl halides is 2. The van der Waals surface area contributed by atoms with Crippen LogP contribution in [0.3, 0.4) is 0 Å². The fraction of sp³-hybridized carbons (Fsp3) is 0.111. The third kappa shape index (κ3) is 2.67. The van der Waals surface area contributed by atoms with Gasteiger partial charge in [-0.1, -0.05) is 0 Å². The molecule has 0 amide bonds. The number of ether oxygens (including phenoxy) is 1. The fourth-order valence-corrected chi connectivity index (χ4v) is 1.17. The van der Waals surface area contributed by atoms with Crippen molar-refractivity contribution in [2.75, 3.05) is 0 Å². The van der Waals surface area contributed by atoms with Gasteiger partial charge in [-0.15, -0.1) is 0 Å². The Bertz CT molecular complexity index is 553. The molecule has 7 nitrogen and oxygen atoms in total. The second-order valence-electron chi connectivity index (χ2n) is 2.92. The highest BCUT2D eigenvalue weighted by Crippen LogP contribution is 2.29. The standard InChI is InChI=1S/C9H4F2N2O5/c10-9(11)18-7-1-4(3-12)6(13(16)17)2-5(7)8(14)15/h1-2,9H,(H,14,15). The molecule has 0 aliphatic rings. The van der Waals surface area contributed by atoms with Crippen molar-refractivity contribution in [3.05, 3.63) is 33.4 Å². The first-order valence-corrected chi connectivity index (χ1v) is 4.27. The van der Waals surface area contributed by atoms with Gasteiger partial charge in [0.2, 0.25) is 0 Å². The van der Waals surface area contributed by atoms with Crippen molar-refractivity contribution in [1.29, 1.82) is 5.26 Å². The van der Waals surface area contributed by atoms with Crippen LogP contribution < -0.4 is 4.74 Å². The van der Waals surface area contributed by atoms with Crippen LogP contribution in [0.15, 0.2) is 12.1 Å². The molecule has 0 spiro atoms. The average molecular weight is 258 g/mol. The maximum Gasteiger partial charge on any atom is 0.387 e. The molecule has 9 heteroatoms. The third-order valence-electron chi connectivity index (χ3n) is 1.86. The topological polar surface area (TPSA) is 113 Å². The number of nitro groups is 1. The van der Waals surface area contributed by atoms with Crippen molar-refractivity contribution in [3.63, 3.8) is 0 Å². The lowest BCUT2D eigenvalue weighted by Crippen LogP contribution is -2.09. The SMILES string of the molecule is N#Cc1cc(OC(F)F)c(C(=O)O)cc1[N+](=O)[O-]. The van der Waals surface area contributed by atoms with E-state index < -0.39 is 40.1 Å². The molecule has 1 aromatic rings. The number of hydrogen-bond donors (Lipinski definition) is 1. The van der Waals surface area contributed by atoms with E-state index in [2.05, 4.69) is 4.74 Å². The number of nitriles is 1. The van der Waals surface area contributed by atoms with Gasteiger partial charge in [0.15, 0.2) is 0 Å². The zero-order valence-electron chi connectivity index (χ0n) is 8.46. The normalized spacial score (nSPS) is 9.89. The van der Waals surface area contributed by atoms with Crippen molar-refractivity contribution in [3.8, 4) is 11.8 Å². The maximum atomic E-state index is 12.0. The van der Waals surface area contributed by atoms with E-state index in [4.69, 9.17) is 10.4 Å². The van der Waals surface area contributed by atoms with Gasteiger partial charge in [-0.2, -0.15) is 14.0 Å². The summed E-state index contributed by atoms with van der Waals surface area (Å²) in [5.74, 6) is -2.49. The number of halogens is 2. The van der Waals surface area contributed by atoms with Gasteiger partial charge in [-0.3, -0.25) is 10.1 Å². The van der Waals surface area contributed by atoms with Crippen LogP contribution in [0.25, 0.3) is 0 Å². The van der Waals surface area contributed by atoms with E-state index >= 15 is 0 Å². The number of carboxylic acid groups (broad SMARTS) is 1. The molecule has 0 fully saturated rings. The molecule has 0 saturated carbocycles. The number of nitrogens with zero attached hydrogens (tertiary/aromatic N) is 2. The summed E-state index contributed by atoms with van der Waals surface area (Å²) in [6, 6.07) is 2.49. The number of carboxylic acids is 1.